The molecule has 0 heterocycles. The number of hydrogen-bond acceptors (Lipinski definition) is 3. The lowest BCUT2D eigenvalue weighted by Crippen LogP contribution is -2.36. The van der Waals surface area contributed by atoms with Crippen LogP contribution in [0.25, 0.3) is 0 Å². The fourth-order valence-corrected chi connectivity index (χ4v) is 2.94. The molecule has 0 saturated heterocycles. The molecule has 1 rings (SSSR count). The van der Waals surface area contributed by atoms with E-state index >= 15 is 0 Å². The largest absolute Gasteiger partial charge is 0.382 e. The van der Waals surface area contributed by atoms with E-state index in [0.717, 1.165) is 25.0 Å². The summed E-state index contributed by atoms with van der Waals surface area (Å²) in [6.45, 7) is 7.84. The Hall–Kier alpha value is -0.120. The fraction of sp³-hybridized carbons (Fsp3) is 1.00. The zero-order valence-corrected chi connectivity index (χ0v) is 12.4. The number of nitrogens with one attached hydrogen (secondary N) is 1. The number of methoxy groups -OCH3 is 1. The van der Waals surface area contributed by atoms with Gasteiger partial charge in [-0.1, -0.05) is 26.7 Å². The number of ether oxygens (including phenoxy) is 2. The minimum absolute atomic E-state index is 0.694. The summed E-state index contributed by atoms with van der Waals surface area (Å²) in [7, 11) is 1.71. The third kappa shape index (κ3) is 7.34. The first-order valence-electron chi connectivity index (χ1n) is 7.52. The van der Waals surface area contributed by atoms with Gasteiger partial charge in [-0.2, -0.15) is 0 Å². The summed E-state index contributed by atoms with van der Waals surface area (Å²) >= 11 is 0. The minimum atomic E-state index is 0.694. The standard InChI is InChI=1S/C15H31NO2/c1-13(2)11-14-5-4-6-15(12-14)16-7-8-18-10-9-17-3/h13-16H,4-12H2,1-3H3. The first kappa shape index (κ1) is 15.9. The van der Waals surface area contributed by atoms with Crippen LogP contribution >= 0.6 is 0 Å². The highest BCUT2D eigenvalue weighted by Crippen LogP contribution is 2.29. The molecule has 0 aromatic rings. The van der Waals surface area contributed by atoms with Crippen molar-refractivity contribution in [1.29, 1.82) is 0 Å². The van der Waals surface area contributed by atoms with E-state index in [1.165, 1.54) is 32.1 Å². The zero-order chi connectivity index (χ0) is 13.2. The van der Waals surface area contributed by atoms with Crippen LogP contribution in [0, 0.1) is 11.8 Å². The SMILES string of the molecule is COCCOCCNC1CCCC(CC(C)C)C1. The highest BCUT2D eigenvalue weighted by Gasteiger charge is 2.21. The molecule has 108 valence electrons. The zero-order valence-electron chi connectivity index (χ0n) is 12.4. The predicted octanol–water partition coefficient (Wildman–Crippen LogP) is 2.84. The van der Waals surface area contributed by atoms with E-state index in [1.807, 2.05) is 0 Å². The molecule has 0 amide bonds. The number of hydrogen-bond donors (Lipinski definition) is 1. The smallest absolute Gasteiger partial charge is 0.0700 e. The van der Waals surface area contributed by atoms with Gasteiger partial charge in [-0.25, -0.2) is 0 Å². The Kier molecular flexibility index (Phi) is 8.64. The lowest BCUT2D eigenvalue weighted by molar-refractivity contribution is 0.0699. The van der Waals surface area contributed by atoms with Crippen LogP contribution in [0.15, 0.2) is 0 Å². The average molecular weight is 257 g/mol. The van der Waals surface area contributed by atoms with Gasteiger partial charge in [0.05, 0.1) is 19.8 Å². The third-order valence-corrected chi connectivity index (χ3v) is 3.70. The van der Waals surface area contributed by atoms with E-state index in [2.05, 4.69) is 19.2 Å². The Morgan fingerprint density at radius 1 is 1.17 bits per heavy atom. The van der Waals surface area contributed by atoms with Crippen LogP contribution in [-0.2, 0) is 9.47 Å². The lowest BCUT2D eigenvalue weighted by atomic mass is 9.81. The van der Waals surface area contributed by atoms with Gasteiger partial charge < -0.3 is 14.8 Å². The van der Waals surface area contributed by atoms with Gasteiger partial charge in [0.2, 0.25) is 0 Å². The molecule has 1 aliphatic rings. The highest BCUT2D eigenvalue weighted by molar-refractivity contribution is 4.78. The maximum atomic E-state index is 5.47. The van der Waals surface area contributed by atoms with E-state index in [1.54, 1.807) is 7.11 Å². The Labute approximate surface area is 113 Å². The Balaban J connectivity index is 2.03. The first-order chi connectivity index (χ1) is 8.72. The monoisotopic (exact) mass is 257 g/mol. The number of rotatable bonds is 9. The van der Waals surface area contributed by atoms with Crippen LogP contribution in [0.4, 0.5) is 0 Å². The Bertz CT molecular complexity index is 197. The van der Waals surface area contributed by atoms with Gasteiger partial charge in [0, 0.05) is 19.7 Å². The summed E-state index contributed by atoms with van der Waals surface area (Å²) in [5.41, 5.74) is 0. The molecule has 3 heteroatoms. The minimum Gasteiger partial charge on any atom is -0.382 e. The van der Waals surface area contributed by atoms with E-state index < -0.39 is 0 Å². The molecule has 1 fully saturated rings. The maximum Gasteiger partial charge on any atom is 0.0700 e. The molecule has 1 saturated carbocycles. The molecule has 1 N–H and O–H groups in total. The van der Waals surface area contributed by atoms with E-state index in [0.29, 0.717) is 19.3 Å². The van der Waals surface area contributed by atoms with Crippen molar-refractivity contribution in [2.24, 2.45) is 11.8 Å². The van der Waals surface area contributed by atoms with Crippen molar-refractivity contribution in [2.45, 2.75) is 52.0 Å². The molecule has 0 radical (unpaired) electrons. The molecule has 0 aliphatic heterocycles. The van der Waals surface area contributed by atoms with Gasteiger partial charge >= 0.3 is 0 Å². The lowest BCUT2D eigenvalue weighted by Gasteiger charge is -2.30. The maximum absolute atomic E-state index is 5.47. The summed E-state index contributed by atoms with van der Waals surface area (Å²) in [6.07, 6.45) is 6.91. The van der Waals surface area contributed by atoms with Gasteiger partial charge in [-0.05, 0) is 31.1 Å². The molecule has 0 bridgehead atoms. The molecule has 0 spiro atoms. The van der Waals surface area contributed by atoms with E-state index in [-0.39, 0.29) is 0 Å². The fourth-order valence-electron chi connectivity index (χ4n) is 2.94. The van der Waals surface area contributed by atoms with Crippen molar-refractivity contribution in [3.63, 3.8) is 0 Å². The van der Waals surface area contributed by atoms with E-state index in [4.69, 9.17) is 9.47 Å². The first-order valence-corrected chi connectivity index (χ1v) is 7.52. The Morgan fingerprint density at radius 2 is 2.00 bits per heavy atom. The average Bonchev–Trinajstić information content (AvgIpc) is 2.33. The normalized spacial score (nSPS) is 24.7. The summed E-state index contributed by atoms with van der Waals surface area (Å²) in [4.78, 5) is 0. The predicted molar refractivity (Wildman–Crippen MR) is 75.9 cm³/mol. The summed E-state index contributed by atoms with van der Waals surface area (Å²) in [6, 6.07) is 0.716. The van der Waals surface area contributed by atoms with Crippen LogP contribution in [0.2, 0.25) is 0 Å². The summed E-state index contributed by atoms with van der Waals surface area (Å²) < 4.78 is 10.4. The van der Waals surface area contributed by atoms with Crippen molar-refractivity contribution in [1.82, 2.24) is 5.32 Å². The molecule has 1 aliphatic carbocycles. The molecule has 0 aromatic carbocycles. The molecule has 2 unspecified atom stereocenters. The van der Waals surface area contributed by atoms with Gasteiger partial charge in [0.15, 0.2) is 0 Å². The van der Waals surface area contributed by atoms with Crippen molar-refractivity contribution in [2.75, 3.05) is 33.5 Å². The third-order valence-electron chi connectivity index (χ3n) is 3.70. The summed E-state index contributed by atoms with van der Waals surface area (Å²) in [5, 5.41) is 3.64. The van der Waals surface area contributed by atoms with Gasteiger partial charge in [-0.15, -0.1) is 0 Å². The van der Waals surface area contributed by atoms with Crippen LogP contribution in [-0.4, -0.2) is 39.5 Å². The van der Waals surface area contributed by atoms with Crippen LogP contribution in [0.1, 0.15) is 46.0 Å². The molecule has 3 nitrogen and oxygen atoms in total. The van der Waals surface area contributed by atoms with Gasteiger partial charge in [0.1, 0.15) is 0 Å². The van der Waals surface area contributed by atoms with Gasteiger partial charge in [-0.3, -0.25) is 0 Å². The second kappa shape index (κ2) is 9.76. The quantitative estimate of drug-likeness (QED) is 0.644. The molecule has 2 atom stereocenters. The van der Waals surface area contributed by atoms with Crippen molar-refractivity contribution < 1.29 is 9.47 Å². The summed E-state index contributed by atoms with van der Waals surface area (Å²) in [5.74, 6) is 1.77. The van der Waals surface area contributed by atoms with Crippen LogP contribution < -0.4 is 5.32 Å². The van der Waals surface area contributed by atoms with Crippen LogP contribution in [0.5, 0.6) is 0 Å². The second-order valence-corrected chi connectivity index (χ2v) is 5.92. The van der Waals surface area contributed by atoms with Crippen molar-refractivity contribution in [3.05, 3.63) is 0 Å². The molecule has 18 heavy (non-hydrogen) atoms. The van der Waals surface area contributed by atoms with Crippen molar-refractivity contribution >= 4 is 0 Å². The van der Waals surface area contributed by atoms with E-state index in [9.17, 15) is 0 Å². The second-order valence-electron chi connectivity index (χ2n) is 5.92. The molecule has 0 aromatic heterocycles. The molecular formula is C15H31NO2. The molecular weight excluding hydrogens is 226 g/mol. The van der Waals surface area contributed by atoms with Crippen LogP contribution in [0.3, 0.4) is 0 Å². The van der Waals surface area contributed by atoms with Gasteiger partial charge in [0.25, 0.3) is 0 Å². The highest BCUT2D eigenvalue weighted by atomic mass is 16.5. The van der Waals surface area contributed by atoms with Crippen molar-refractivity contribution in [3.8, 4) is 0 Å². The topological polar surface area (TPSA) is 30.5 Å². The Morgan fingerprint density at radius 3 is 2.72 bits per heavy atom.